The van der Waals surface area contributed by atoms with Crippen molar-refractivity contribution >= 4 is 49.8 Å². The summed E-state index contributed by atoms with van der Waals surface area (Å²) >= 11 is 0. The van der Waals surface area contributed by atoms with Crippen LogP contribution in [0.25, 0.3) is 33.2 Å². The number of aryl methyl sites for hydroxylation is 1. The Bertz CT molecular complexity index is 2230. The number of nitrogens with zero attached hydrogens (tertiary/aromatic N) is 6. The number of imidazole rings is 1. The summed E-state index contributed by atoms with van der Waals surface area (Å²) in [4.78, 5) is 35.4. The molecule has 0 saturated carbocycles. The molecule has 3 aromatic carbocycles. The first kappa shape index (κ1) is 35.6. The van der Waals surface area contributed by atoms with Gasteiger partial charge in [-0.2, -0.15) is 4.98 Å². The van der Waals surface area contributed by atoms with Crippen LogP contribution in [0.1, 0.15) is 70.7 Å². The molecule has 0 bridgehead atoms. The largest absolute Gasteiger partial charge is 0.511 e. The quantitative estimate of drug-likeness (QED) is 0.130. The van der Waals surface area contributed by atoms with E-state index in [1.54, 1.807) is 38.7 Å². The minimum Gasteiger partial charge on any atom is -0.449 e. The number of carbonyl (C=O) groups is 2. The number of carboxylic acid groups (broad SMARTS) is 1. The van der Waals surface area contributed by atoms with Gasteiger partial charge in [-0.3, -0.25) is 4.31 Å². The molecule has 14 nitrogen and oxygen atoms in total. The van der Waals surface area contributed by atoms with Crippen LogP contribution in [0.2, 0.25) is 0 Å². The van der Waals surface area contributed by atoms with Crippen LogP contribution in [0.15, 0.2) is 53.1 Å². The summed E-state index contributed by atoms with van der Waals surface area (Å²) in [6, 6.07) is 14.6. The number of hydrogen-bond donors (Lipinski definition) is 1. The summed E-state index contributed by atoms with van der Waals surface area (Å²) in [6.45, 7) is 12.0. The average molecular weight is 719 g/mol. The topological polar surface area (TPSA) is 170 Å². The van der Waals surface area contributed by atoms with Gasteiger partial charge in [-0.05, 0) is 68.1 Å². The number of fused-ring (bicyclic) bond motifs is 2. The third-order valence-corrected chi connectivity index (χ3v) is 9.86. The van der Waals surface area contributed by atoms with Crippen molar-refractivity contribution in [3.05, 3.63) is 65.8 Å². The second-order valence-corrected chi connectivity index (χ2v) is 16.0. The number of piperidine rings is 1. The molecule has 1 aliphatic heterocycles. The second-order valence-electron chi connectivity index (χ2n) is 14.2. The van der Waals surface area contributed by atoms with E-state index in [2.05, 4.69) is 16.2 Å². The molecule has 6 rings (SSSR count). The van der Waals surface area contributed by atoms with E-state index in [9.17, 15) is 23.1 Å². The van der Waals surface area contributed by atoms with E-state index in [1.807, 2.05) is 48.7 Å². The van der Waals surface area contributed by atoms with E-state index in [0.717, 1.165) is 28.2 Å². The fourth-order valence-corrected chi connectivity index (χ4v) is 7.76. The molecule has 0 radical (unpaired) electrons. The third kappa shape index (κ3) is 7.77. The molecule has 3 heterocycles. The van der Waals surface area contributed by atoms with Gasteiger partial charge in [0, 0.05) is 50.1 Å². The molecule has 270 valence electrons. The Balaban J connectivity index is 1.41. The fraction of sp³-hybridized carbons (Fsp3) is 0.417. The number of carbonyl (C=O) groups excluding carboxylic acids is 1. The molecular weight excluding hydrogens is 676 g/mol. The predicted molar refractivity (Wildman–Crippen MR) is 192 cm³/mol. The van der Waals surface area contributed by atoms with Crippen LogP contribution < -0.4 is 9.04 Å². The Kier molecular flexibility index (Phi) is 9.44. The second kappa shape index (κ2) is 13.5. The van der Waals surface area contributed by atoms with Gasteiger partial charge in [0.05, 0.1) is 17.5 Å². The van der Waals surface area contributed by atoms with Crippen molar-refractivity contribution in [3.8, 4) is 17.1 Å². The van der Waals surface area contributed by atoms with Gasteiger partial charge in [0.2, 0.25) is 21.7 Å². The van der Waals surface area contributed by atoms with Crippen LogP contribution in [-0.2, 0) is 21.3 Å². The van der Waals surface area contributed by atoms with E-state index in [4.69, 9.17) is 19.0 Å². The Hall–Kier alpha value is -5.18. The number of ether oxygens (including phenoxy) is 2. The standard InChI is InChI=1S/C36H42N6O8S/c1-21(2)33-38-31-29(41(33)20-23-8-9-24-10-11-25(17-26(24)16-23)32-37-22(3)50-39-32)18-28(19-30(31)48-35(44)45)42(51(7,46)47)27-12-14-40(15-13-27)34(43)49-36(4,5)6/h8-11,16-19,21,27H,12-15,20H2,1-7H3,(H,44,45). The highest BCUT2D eigenvalue weighted by Gasteiger charge is 2.34. The van der Waals surface area contributed by atoms with E-state index in [-0.39, 0.29) is 30.4 Å². The smallest absolute Gasteiger partial charge is 0.449 e. The highest BCUT2D eigenvalue weighted by Crippen LogP contribution is 2.38. The molecule has 1 amide bonds. The van der Waals surface area contributed by atoms with E-state index >= 15 is 0 Å². The minimum absolute atomic E-state index is 0.0738. The van der Waals surface area contributed by atoms with Crippen LogP contribution in [0.5, 0.6) is 5.75 Å². The predicted octanol–water partition coefficient (Wildman–Crippen LogP) is 6.94. The van der Waals surface area contributed by atoms with Crippen LogP contribution in [0.4, 0.5) is 15.3 Å². The fourth-order valence-electron chi connectivity index (χ4n) is 6.52. The molecule has 15 heteroatoms. The summed E-state index contributed by atoms with van der Waals surface area (Å²) in [5.74, 6) is 1.49. The first-order chi connectivity index (χ1) is 24.0. The molecule has 1 N–H and O–H groups in total. The number of sulfonamides is 1. The van der Waals surface area contributed by atoms with Crippen molar-refractivity contribution in [1.29, 1.82) is 0 Å². The molecule has 5 aromatic rings. The minimum atomic E-state index is -3.88. The van der Waals surface area contributed by atoms with E-state index in [0.29, 0.717) is 48.0 Å². The zero-order valence-corrected chi connectivity index (χ0v) is 30.5. The van der Waals surface area contributed by atoms with E-state index in [1.165, 1.54) is 10.4 Å². The van der Waals surface area contributed by atoms with Crippen LogP contribution >= 0.6 is 0 Å². The van der Waals surface area contributed by atoms with Gasteiger partial charge >= 0.3 is 12.2 Å². The Labute approximate surface area is 296 Å². The first-order valence-electron chi connectivity index (χ1n) is 16.7. The summed E-state index contributed by atoms with van der Waals surface area (Å²) in [6.07, 6.45) is -0.194. The number of amides is 1. The zero-order chi connectivity index (χ0) is 36.8. The lowest BCUT2D eigenvalue weighted by Gasteiger charge is -2.38. The van der Waals surface area contributed by atoms with Crippen LogP contribution in [0, 0.1) is 6.92 Å². The lowest BCUT2D eigenvalue weighted by molar-refractivity contribution is 0.0207. The molecule has 0 spiro atoms. The number of hydrogen-bond acceptors (Lipinski definition) is 10. The maximum atomic E-state index is 13.5. The van der Waals surface area contributed by atoms with Crippen molar-refractivity contribution in [2.24, 2.45) is 0 Å². The number of benzene rings is 3. The highest BCUT2D eigenvalue weighted by atomic mass is 32.2. The molecule has 1 saturated heterocycles. The monoisotopic (exact) mass is 718 g/mol. The van der Waals surface area contributed by atoms with Crippen molar-refractivity contribution in [2.45, 2.75) is 78.5 Å². The summed E-state index contributed by atoms with van der Waals surface area (Å²) in [5, 5.41) is 15.7. The summed E-state index contributed by atoms with van der Waals surface area (Å²) in [7, 11) is -3.88. The van der Waals surface area contributed by atoms with Gasteiger partial charge in [-0.1, -0.05) is 43.3 Å². The lowest BCUT2D eigenvalue weighted by Crippen LogP contribution is -2.49. The highest BCUT2D eigenvalue weighted by molar-refractivity contribution is 7.92. The van der Waals surface area contributed by atoms with Crippen molar-refractivity contribution in [3.63, 3.8) is 0 Å². The van der Waals surface area contributed by atoms with Gasteiger partial charge in [-0.25, -0.2) is 23.0 Å². The normalized spacial score (nSPS) is 14.4. The Morgan fingerprint density at radius 1 is 1.04 bits per heavy atom. The molecule has 2 aromatic heterocycles. The number of anilines is 1. The van der Waals surface area contributed by atoms with Gasteiger partial charge in [0.25, 0.3) is 0 Å². The maximum absolute atomic E-state index is 13.5. The SMILES string of the molecule is Cc1nc(-c2ccc3ccc(Cn4c(C(C)C)nc5c(OC(=O)O)cc(N(C6CCN(C(=O)OC(C)(C)C)CC6)S(C)(=O)=O)cc54)cc3c2)no1. The third-order valence-electron chi connectivity index (χ3n) is 8.64. The van der Waals surface area contributed by atoms with Gasteiger partial charge in [0.1, 0.15) is 16.9 Å². The number of rotatable bonds is 8. The van der Waals surface area contributed by atoms with Gasteiger partial charge < -0.3 is 28.6 Å². The van der Waals surface area contributed by atoms with Gasteiger partial charge in [0.15, 0.2) is 5.75 Å². The maximum Gasteiger partial charge on any atom is 0.511 e. The van der Waals surface area contributed by atoms with Crippen molar-refractivity contribution in [2.75, 3.05) is 23.7 Å². The molecule has 51 heavy (non-hydrogen) atoms. The van der Waals surface area contributed by atoms with Crippen molar-refractivity contribution < 1.29 is 37.1 Å². The first-order valence-corrected chi connectivity index (χ1v) is 18.6. The Morgan fingerprint density at radius 3 is 2.35 bits per heavy atom. The molecular formula is C36H42N6O8S. The van der Waals surface area contributed by atoms with E-state index < -0.39 is 33.9 Å². The molecule has 0 aliphatic carbocycles. The molecule has 0 unspecified atom stereocenters. The molecule has 0 atom stereocenters. The Morgan fingerprint density at radius 2 is 1.75 bits per heavy atom. The van der Waals surface area contributed by atoms with Crippen LogP contribution in [0.3, 0.4) is 0 Å². The lowest BCUT2D eigenvalue weighted by atomic mass is 10.0. The number of likely N-dealkylation sites (tertiary alicyclic amines) is 1. The van der Waals surface area contributed by atoms with Crippen LogP contribution in [-0.4, -0.2) is 81.4 Å². The van der Waals surface area contributed by atoms with Crippen molar-refractivity contribution in [1.82, 2.24) is 24.6 Å². The molecule has 1 aliphatic rings. The summed E-state index contributed by atoms with van der Waals surface area (Å²) in [5.41, 5.74) is 2.14. The number of aromatic nitrogens is 4. The van der Waals surface area contributed by atoms with Gasteiger partial charge in [-0.15, -0.1) is 0 Å². The zero-order valence-electron chi connectivity index (χ0n) is 29.7. The molecule has 1 fully saturated rings. The average Bonchev–Trinajstić information content (AvgIpc) is 3.63. The summed E-state index contributed by atoms with van der Waals surface area (Å²) < 4.78 is 46.2.